The Hall–Kier alpha value is -0.810. The van der Waals surface area contributed by atoms with E-state index in [1.165, 1.54) is 4.52 Å². The summed E-state index contributed by atoms with van der Waals surface area (Å²) in [6, 6.07) is -1.27. The predicted molar refractivity (Wildman–Crippen MR) is 51.7 cm³/mol. The minimum atomic E-state index is -1.71. The Balaban J connectivity index is 2.92. The highest BCUT2D eigenvalue weighted by molar-refractivity contribution is 5.73. The van der Waals surface area contributed by atoms with Crippen LogP contribution in [0.2, 0.25) is 0 Å². The molecule has 6 N–H and O–H groups in total. The molecular weight excluding hydrogens is 238 g/mol. The molecular formula is C8H16NO8+. The van der Waals surface area contributed by atoms with Gasteiger partial charge in [-0.15, -0.1) is 5.26 Å². The molecule has 0 saturated carbocycles. The van der Waals surface area contributed by atoms with Crippen LogP contribution in [0, 0.1) is 0 Å². The Bertz CT molecular complexity index is 274. The second kappa shape index (κ2) is 5.69. The number of aliphatic hydroxyl groups is 3. The standard InChI is InChI=1S/C8H15NO8/c1-3(11)9-5-7(16-14)6(12)4(2-10)17(15)8(5)13/h4-8,10,12-13,15H,2H2,1H3,(H-,9,11,14)/p+1/t4-,5-,6-,7-,8-/m1/s1. The molecule has 0 aromatic carbocycles. The quantitative estimate of drug-likeness (QED) is 0.184. The molecule has 1 rings (SSSR count). The third-order valence-electron chi connectivity index (χ3n) is 2.61. The van der Waals surface area contributed by atoms with Crippen molar-refractivity contribution in [2.75, 3.05) is 6.61 Å². The van der Waals surface area contributed by atoms with E-state index < -0.39 is 43.2 Å². The van der Waals surface area contributed by atoms with Crippen LogP contribution in [0.1, 0.15) is 6.92 Å². The molecule has 5 atom stereocenters. The van der Waals surface area contributed by atoms with Crippen LogP contribution in [0.3, 0.4) is 0 Å². The van der Waals surface area contributed by atoms with E-state index in [2.05, 4.69) is 10.2 Å². The summed E-state index contributed by atoms with van der Waals surface area (Å²) in [6.07, 6.45) is -5.94. The normalized spacial score (nSPS) is 39.1. The first-order valence-corrected chi connectivity index (χ1v) is 4.89. The first-order chi connectivity index (χ1) is 7.93. The van der Waals surface area contributed by atoms with Crippen molar-refractivity contribution in [2.24, 2.45) is 0 Å². The van der Waals surface area contributed by atoms with Crippen LogP contribution in [-0.2, 0) is 14.2 Å². The molecule has 0 aliphatic carbocycles. The van der Waals surface area contributed by atoms with Gasteiger partial charge in [-0.05, 0) is 0 Å². The molecule has 0 radical (unpaired) electrons. The minimum Gasteiger partial charge on any atom is -0.388 e. The van der Waals surface area contributed by atoms with Crippen LogP contribution in [0.5, 0.6) is 0 Å². The second-order valence-corrected chi connectivity index (χ2v) is 3.75. The van der Waals surface area contributed by atoms with Gasteiger partial charge in [-0.1, -0.05) is 0 Å². The van der Waals surface area contributed by atoms with E-state index in [0.29, 0.717) is 0 Å². The molecule has 0 unspecified atom stereocenters. The van der Waals surface area contributed by atoms with Crippen molar-refractivity contribution in [3.63, 3.8) is 0 Å². The summed E-state index contributed by atoms with van der Waals surface area (Å²) in [5.41, 5.74) is 0. The fourth-order valence-electron chi connectivity index (χ4n) is 1.76. The van der Waals surface area contributed by atoms with Gasteiger partial charge in [0.25, 0.3) is 0 Å². The SMILES string of the molecule is CC(=O)N[C@@H]1[C@@H](OO)[C@H](O)[C@@H](CO)[O+](O)[C@H]1O. The Kier molecular flexibility index (Phi) is 4.77. The van der Waals surface area contributed by atoms with Crippen LogP contribution in [0.25, 0.3) is 0 Å². The third-order valence-corrected chi connectivity index (χ3v) is 2.61. The lowest BCUT2D eigenvalue weighted by atomic mass is 9.97. The molecule has 1 saturated heterocycles. The maximum Gasteiger partial charge on any atom is 0.324 e. The highest BCUT2D eigenvalue weighted by atomic mass is 17.3. The average Bonchev–Trinajstić information content (AvgIpc) is 2.26. The number of carbonyl (C=O) groups is 1. The molecule has 1 amide bonds. The molecule has 0 aromatic rings. The highest BCUT2D eigenvalue weighted by Gasteiger charge is 2.56. The lowest BCUT2D eigenvalue weighted by molar-refractivity contribution is -0.557. The predicted octanol–water partition coefficient (Wildman–Crippen LogP) is -2.57. The van der Waals surface area contributed by atoms with Gasteiger partial charge in [0.15, 0.2) is 18.2 Å². The number of carbonyl (C=O) groups excluding carboxylic acids is 1. The first kappa shape index (κ1) is 14.3. The van der Waals surface area contributed by atoms with Crippen molar-refractivity contribution in [1.82, 2.24) is 5.32 Å². The maximum atomic E-state index is 10.9. The van der Waals surface area contributed by atoms with Gasteiger partial charge in [0.1, 0.15) is 6.61 Å². The zero-order valence-corrected chi connectivity index (χ0v) is 9.05. The number of aliphatic hydroxyl groups excluding tert-OH is 3. The number of hydrogen-bond donors (Lipinski definition) is 6. The van der Waals surface area contributed by atoms with Crippen LogP contribution in [0.4, 0.5) is 0 Å². The monoisotopic (exact) mass is 254 g/mol. The van der Waals surface area contributed by atoms with Crippen molar-refractivity contribution >= 4 is 5.91 Å². The molecule has 100 valence electrons. The Labute approximate surface area is 96.4 Å². The van der Waals surface area contributed by atoms with Crippen molar-refractivity contribution in [3.8, 4) is 0 Å². The number of hydrogen-bond acceptors (Lipinski definition) is 7. The lowest BCUT2D eigenvalue weighted by Crippen LogP contribution is -2.67. The van der Waals surface area contributed by atoms with Gasteiger partial charge in [0, 0.05) is 6.92 Å². The van der Waals surface area contributed by atoms with Gasteiger partial charge in [-0.3, -0.25) is 10.1 Å². The second-order valence-electron chi connectivity index (χ2n) is 3.75. The molecule has 1 fully saturated rings. The van der Waals surface area contributed by atoms with Gasteiger partial charge >= 0.3 is 6.29 Å². The molecule has 17 heavy (non-hydrogen) atoms. The number of nitrogens with one attached hydrogen (secondary N) is 1. The fourth-order valence-corrected chi connectivity index (χ4v) is 1.76. The van der Waals surface area contributed by atoms with E-state index in [1.54, 1.807) is 0 Å². The van der Waals surface area contributed by atoms with Gasteiger partial charge in [0.2, 0.25) is 12.0 Å². The molecule has 9 nitrogen and oxygen atoms in total. The molecule has 0 bridgehead atoms. The summed E-state index contributed by atoms with van der Waals surface area (Å²) in [7, 11) is 0. The van der Waals surface area contributed by atoms with Gasteiger partial charge in [-0.25, -0.2) is 9.41 Å². The van der Waals surface area contributed by atoms with E-state index in [9.17, 15) is 20.3 Å². The largest absolute Gasteiger partial charge is 0.388 e. The highest BCUT2D eigenvalue weighted by Crippen LogP contribution is 2.26. The Morgan fingerprint density at radius 1 is 1.47 bits per heavy atom. The van der Waals surface area contributed by atoms with E-state index in [0.717, 1.165) is 6.92 Å². The van der Waals surface area contributed by atoms with E-state index in [4.69, 9.17) is 10.4 Å². The summed E-state index contributed by atoms with van der Waals surface area (Å²) < 4.78 is 1.18. The smallest absolute Gasteiger partial charge is 0.324 e. The maximum absolute atomic E-state index is 10.9. The molecule has 0 aromatic heterocycles. The summed E-state index contributed by atoms with van der Waals surface area (Å²) in [4.78, 5) is 14.9. The average molecular weight is 254 g/mol. The number of amides is 1. The van der Waals surface area contributed by atoms with Gasteiger partial charge < -0.3 is 20.6 Å². The summed E-state index contributed by atoms with van der Waals surface area (Å²) in [5.74, 6) is -0.556. The molecule has 1 aliphatic heterocycles. The van der Waals surface area contributed by atoms with Crippen LogP contribution >= 0.6 is 0 Å². The topological polar surface area (TPSA) is 142 Å². The van der Waals surface area contributed by atoms with Crippen molar-refractivity contribution in [1.29, 1.82) is 0 Å². The van der Waals surface area contributed by atoms with E-state index in [-0.39, 0.29) is 0 Å². The first-order valence-electron chi connectivity index (χ1n) is 4.89. The van der Waals surface area contributed by atoms with Crippen molar-refractivity contribution in [3.05, 3.63) is 0 Å². The molecule has 1 aliphatic rings. The molecule has 1 heterocycles. The van der Waals surface area contributed by atoms with E-state index in [1.807, 2.05) is 0 Å². The molecule has 0 spiro atoms. The molecule has 9 heteroatoms. The Morgan fingerprint density at radius 2 is 2.06 bits per heavy atom. The number of rotatable bonds is 3. The summed E-state index contributed by atoms with van der Waals surface area (Å²) in [6.45, 7) is 0.449. The van der Waals surface area contributed by atoms with Crippen molar-refractivity contribution < 1.29 is 40.0 Å². The van der Waals surface area contributed by atoms with Crippen LogP contribution in [-0.4, -0.2) is 69.0 Å². The summed E-state index contributed by atoms with van der Waals surface area (Å²) >= 11 is 0. The summed E-state index contributed by atoms with van der Waals surface area (Å²) in [5, 5.41) is 48.4. The fraction of sp³-hybridized carbons (Fsp3) is 0.875. The zero-order valence-electron chi connectivity index (χ0n) is 9.05. The van der Waals surface area contributed by atoms with E-state index >= 15 is 0 Å². The van der Waals surface area contributed by atoms with Crippen LogP contribution < -0.4 is 5.32 Å². The van der Waals surface area contributed by atoms with Gasteiger partial charge in [-0.2, -0.15) is 0 Å². The zero-order chi connectivity index (χ0) is 13.2. The van der Waals surface area contributed by atoms with Crippen molar-refractivity contribution in [2.45, 2.75) is 37.6 Å². The minimum absolute atomic E-state index is 0.556. The lowest BCUT2D eigenvalue weighted by Gasteiger charge is -2.39. The van der Waals surface area contributed by atoms with Gasteiger partial charge in [0.05, 0.1) is 0 Å². The third kappa shape index (κ3) is 2.72. The Morgan fingerprint density at radius 3 is 2.47 bits per heavy atom. The van der Waals surface area contributed by atoms with Crippen LogP contribution in [0.15, 0.2) is 0 Å².